The Kier molecular flexibility index (Phi) is 6.08. The molecular weight excluding hydrogens is 230 g/mol. The molecule has 0 heterocycles. The molecule has 1 rings (SSSR count). The van der Waals surface area contributed by atoms with E-state index < -0.39 is 0 Å². The molecule has 0 bridgehead atoms. The largest absolute Gasteiger partial charge is 0.493 e. The molecule has 0 aromatic heterocycles. The highest BCUT2D eigenvalue weighted by Crippen LogP contribution is 2.38. The van der Waals surface area contributed by atoms with Crippen LogP contribution < -0.4 is 19.5 Å². The lowest BCUT2D eigenvalue weighted by molar-refractivity contribution is 0.324. The summed E-state index contributed by atoms with van der Waals surface area (Å²) in [6.45, 7) is 0.959. The van der Waals surface area contributed by atoms with Crippen LogP contribution in [0.5, 0.6) is 17.2 Å². The Bertz CT molecular complexity index is 377. The Balaban J connectivity index is 2.96. The first-order valence-electron chi connectivity index (χ1n) is 5.88. The molecule has 4 nitrogen and oxygen atoms in total. The number of benzene rings is 1. The van der Waals surface area contributed by atoms with Crippen LogP contribution in [-0.4, -0.2) is 34.9 Å². The summed E-state index contributed by atoms with van der Waals surface area (Å²) < 4.78 is 15.9. The van der Waals surface area contributed by atoms with Crippen LogP contribution in [0, 0.1) is 0 Å². The van der Waals surface area contributed by atoms with E-state index in [2.05, 4.69) is 11.4 Å². The molecular formula is C14H21NO3. The molecule has 0 amide bonds. The second-order valence-electron chi connectivity index (χ2n) is 3.75. The Hall–Kier alpha value is -1.68. The molecule has 1 N–H and O–H groups in total. The zero-order valence-corrected chi connectivity index (χ0v) is 11.4. The molecule has 0 aliphatic rings. The maximum absolute atomic E-state index is 5.30. The number of methoxy groups -OCH3 is 3. The summed E-state index contributed by atoms with van der Waals surface area (Å²) >= 11 is 0. The van der Waals surface area contributed by atoms with E-state index in [9.17, 15) is 0 Å². The minimum atomic E-state index is 0.618. The zero-order valence-electron chi connectivity index (χ0n) is 11.4. The fourth-order valence-corrected chi connectivity index (χ4v) is 1.64. The maximum Gasteiger partial charge on any atom is 0.203 e. The first-order chi connectivity index (χ1) is 8.76. The molecule has 0 atom stereocenters. The smallest absolute Gasteiger partial charge is 0.203 e. The summed E-state index contributed by atoms with van der Waals surface area (Å²) in [7, 11) is 6.77. The van der Waals surface area contributed by atoms with Crippen molar-refractivity contribution in [1.29, 1.82) is 0 Å². The molecule has 0 saturated heterocycles. The predicted octanol–water partition coefficient (Wildman–Crippen LogP) is 2.34. The maximum atomic E-state index is 5.30. The van der Waals surface area contributed by atoms with Crippen molar-refractivity contribution < 1.29 is 14.2 Å². The molecule has 0 fully saturated rings. The van der Waals surface area contributed by atoms with Gasteiger partial charge in [-0.25, -0.2) is 0 Å². The number of ether oxygens (including phenoxy) is 3. The van der Waals surface area contributed by atoms with Gasteiger partial charge in [0.05, 0.1) is 21.3 Å². The van der Waals surface area contributed by atoms with E-state index in [-0.39, 0.29) is 0 Å². The Morgan fingerprint density at radius 2 is 1.67 bits per heavy atom. The van der Waals surface area contributed by atoms with Crippen molar-refractivity contribution in [3.05, 3.63) is 23.8 Å². The van der Waals surface area contributed by atoms with Crippen LogP contribution in [-0.2, 0) is 0 Å². The van der Waals surface area contributed by atoms with Crippen molar-refractivity contribution in [2.75, 3.05) is 34.9 Å². The molecule has 0 unspecified atom stereocenters. The number of rotatable bonds is 7. The molecule has 0 radical (unpaired) electrons. The third-order valence-corrected chi connectivity index (χ3v) is 2.56. The first-order valence-corrected chi connectivity index (χ1v) is 5.88. The van der Waals surface area contributed by atoms with Crippen LogP contribution in [0.25, 0.3) is 6.08 Å². The van der Waals surface area contributed by atoms with Gasteiger partial charge in [-0.3, -0.25) is 0 Å². The average molecular weight is 251 g/mol. The van der Waals surface area contributed by atoms with E-state index >= 15 is 0 Å². The van der Waals surface area contributed by atoms with Gasteiger partial charge in [-0.05, 0) is 37.7 Å². The summed E-state index contributed by atoms with van der Waals surface area (Å²) in [4.78, 5) is 0. The van der Waals surface area contributed by atoms with Crippen LogP contribution in [0.2, 0.25) is 0 Å². The Labute approximate surface area is 109 Å². The van der Waals surface area contributed by atoms with Crippen LogP contribution >= 0.6 is 0 Å². The summed E-state index contributed by atoms with van der Waals surface area (Å²) in [6.07, 6.45) is 5.13. The molecule has 0 aliphatic heterocycles. The second-order valence-corrected chi connectivity index (χ2v) is 3.75. The highest BCUT2D eigenvalue weighted by molar-refractivity contribution is 5.62. The van der Waals surface area contributed by atoms with E-state index in [4.69, 9.17) is 14.2 Å². The van der Waals surface area contributed by atoms with Gasteiger partial charge >= 0.3 is 0 Å². The number of hydrogen-bond acceptors (Lipinski definition) is 4. The van der Waals surface area contributed by atoms with Gasteiger partial charge in [0.15, 0.2) is 11.5 Å². The standard InChI is InChI=1S/C14H21NO3/c1-15-8-6-5-7-11-9-12(16-2)14(18-4)13(10-11)17-3/h5,7,9-10,15H,6,8H2,1-4H3. The predicted molar refractivity (Wildman–Crippen MR) is 73.7 cm³/mol. The SMILES string of the molecule is CNCCC=Cc1cc(OC)c(OC)c(OC)c1. The fraction of sp³-hybridized carbons (Fsp3) is 0.429. The lowest BCUT2D eigenvalue weighted by Crippen LogP contribution is -2.05. The van der Waals surface area contributed by atoms with Gasteiger partial charge in [0, 0.05) is 0 Å². The van der Waals surface area contributed by atoms with Gasteiger partial charge in [0.25, 0.3) is 0 Å². The summed E-state index contributed by atoms with van der Waals surface area (Å²) in [6, 6.07) is 3.86. The lowest BCUT2D eigenvalue weighted by Gasteiger charge is -2.12. The van der Waals surface area contributed by atoms with E-state index in [1.807, 2.05) is 25.3 Å². The highest BCUT2D eigenvalue weighted by Gasteiger charge is 2.11. The van der Waals surface area contributed by atoms with Gasteiger partial charge in [0.1, 0.15) is 0 Å². The van der Waals surface area contributed by atoms with Gasteiger partial charge in [-0.15, -0.1) is 0 Å². The second kappa shape index (κ2) is 7.61. The van der Waals surface area contributed by atoms with Crippen molar-refractivity contribution in [3.8, 4) is 17.2 Å². The molecule has 1 aromatic rings. The van der Waals surface area contributed by atoms with Gasteiger partial charge < -0.3 is 19.5 Å². The van der Waals surface area contributed by atoms with Crippen molar-refractivity contribution in [2.24, 2.45) is 0 Å². The average Bonchev–Trinajstić information content (AvgIpc) is 2.42. The Morgan fingerprint density at radius 3 is 2.11 bits per heavy atom. The van der Waals surface area contributed by atoms with Crippen molar-refractivity contribution >= 4 is 6.08 Å². The van der Waals surface area contributed by atoms with Crippen LogP contribution in [0.3, 0.4) is 0 Å². The normalized spacial score (nSPS) is 10.7. The van der Waals surface area contributed by atoms with E-state index in [0.717, 1.165) is 18.5 Å². The minimum Gasteiger partial charge on any atom is -0.493 e. The van der Waals surface area contributed by atoms with Crippen LogP contribution in [0.1, 0.15) is 12.0 Å². The van der Waals surface area contributed by atoms with Crippen molar-refractivity contribution in [2.45, 2.75) is 6.42 Å². The van der Waals surface area contributed by atoms with Gasteiger partial charge in [0.2, 0.25) is 5.75 Å². The summed E-state index contributed by atoms with van der Waals surface area (Å²) in [5.41, 5.74) is 1.03. The Morgan fingerprint density at radius 1 is 1.06 bits per heavy atom. The monoisotopic (exact) mass is 251 g/mol. The summed E-state index contributed by atoms with van der Waals surface area (Å²) in [5, 5.41) is 3.10. The third kappa shape index (κ3) is 3.67. The van der Waals surface area contributed by atoms with Gasteiger partial charge in [-0.1, -0.05) is 12.2 Å². The summed E-state index contributed by atoms with van der Waals surface area (Å²) in [5.74, 6) is 1.96. The third-order valence-electron chi connectivity index (χ3n) is 2.56. The first kappa shape index (κ1) is 14.4. The van der Waals surface area contributed by atoms with E-state index in [1.54, 1.807) is 21.3 Å². The molecule has 1 aromatic carbocycles. The van der Waals surface area contributed by atoms with Gasteiger partial charge in [-0.2, -0.15) is 0 Å². The van der Waals surface area contributed by atoms with E-state index in [0.29, 0.717) is 17.2 Å². The number of nitrogens with one attached hydrogen (secondary N) is 1. The van der Waals surface area contributed by atoms with Crippen molar-refractivity contribution in [3.63, 3.8) is 0 Å². The molecule has 4 heteroatoms. The molecule has 0 aliphatic carbocycles. The fourth-order valence-electron chi connectivity index (χ4n) is 1.64. The lowest BCUT2D eigenvalue weighted by atomic mass is 10.1. The van der Waals surface area contributed by atoms with E-state index in [1.165, 1.54) is 0 Å². The van der Waals surface area contributed by atoms with Crippen LogP contribution in [0.4, 0.5) is 0 Å². The molecule has 0 saturated carbocycles. The van der Waals surface area contributed by atoms with Crippen LogP contribution in [0.15, 0.2) is 18.2 Å². The molecule has 100 valence electrons. The highest BCUT2D eigenvalue weighted by atomic mass is 16.5. The minimum absolute atomic E-state index is 0.618. The molecule has 0 spiro atoms. The zero-order chi connectivity index (χ0) is 13.4. The number of hydrogen-bond donors (Lipinski definition) is 1. The topological polar surface area (TPSA) is 39.7 Å². The molecule has 18 heavy (non-hydrogen) atoms. The van der Waals surface area contributed by atoms with Crippen molar-refractivity contribution in [1.82, 2.24) is 5.32 Å². The quantitative estimate of drug-likeness (QED) is 0.755.